The third-order valence-electron chi connectivity index (χ3n) is 4.02. The minimum Gasteiger partial charge on any atom is -0.488 e. The number of imide groups is 2. The van der Waals surface area contributed by atoms with Crippen LogP contribution in [-0.4, -0.2) is 29.3 Å². The third kappa shape index (κ3) is 4.15. The quantitative estimate of drug-likeness (QED) is 0.475. The fourth-order valence-electron chi connectivity index (χ4n) is 2.62. The molecule has 0 spiro atoms. The molecular weight excluding hydrogens is 363 g/mol. The van der Waals surface area contributed by atoms with E-state index in [1.165, 1.54) is 24.3 Å². The smallest absolute Gasteiger partial charge is 0.331 e. The van der Waals surface area contributed by atoms with Crippen LogP contribution in [-0.2, 0) is 16.2 Å². The molecule has 1 N–H and O–H groups in total. The molecule has 1 aliphatic rings. The van der Waals surface area contributed by atoms with E-state index in [-0.39, 0.29) is 24.5 Å². The summed E-state index contributed by atoms with van der Waals surface area (Å²) in [4.78, 5) is 37.3. The van der Waals surface area contributed by atoms with Crippen molar-refractivity contribution in [2.45, 2.75) is 6.61 Å². The molecule has 1 fully saturated rings. The van der Waals surface area contributed by atoms with Crippen LogP contribution in [0.25, 0.3) is 6.08 Å². The van der Waals surface area contributed by atoms with Crippen LogP contribution in [0, 0.1) is 5.82 Å². The van der Waals surface area contributed by atoms with Crippen LogP contribution in [0.15, 0.2) is 66.8 Å². The molecule has 3 rings (SSSR count). The third-order valence-corrected chi connectivity index (χ3v) is 4.02. The zero-order valence-corrected chi connectivity index (χ0v) is 14.9. The van der Waals surface area contributed by atoms with Gasteiger partial charge in [-0.3, -0.25) is 19.8 Å². The number of halogens is 1. The first-order valence-corrected chi connectivity index (χ1v) is 8.45. The number of amides is 4. The van der Waals surface area contributed by atoms with Crippen LogP contribution in [0.3, 0.4) is 0 Å². The highest BCUT2D eigenvalue weighted by Crippen LogP contribution is 2.24. The molecule has 0 unspecified atom stereocenters. The Morgan fingerprint density at radius 3 is 2.50 bits per heavy atom. The SMILES string of the molecule is C=CCN1C(=O)NC(=O)/C(=C/c2ccccc2OCc2ccc(F)cc2)C1=O. The van der Waals surface area contributed by atoms with Gasteiger partial charge in [-0.1, -0.05) is 36.4 Å². The normalized spacial score (nSPS) is 15.5. The summed E-state index contributed by atoms with van der Waals surface area (Å²) >= 11 is 0. The van der Waals surface area contributed by atoms with Gasteiger partial charge >= 0.3 is 6.03 Å². The summed E-state index contributed by atoms with van der Waals surface area (Å²) in [5, 5.41) is 2.13. The first-order chi connectivity index (χ1) is 13.5. The average Bonchev–Trinajstić information content (AvgIpc) is 2.69. The van der Waals surface area contributed by atoms with Gasteiger partial charge in [0.05, 0.1) is 0 Å². The van der Waals surface area contributed by atoms with Gasteiger partial charge < -0.3 is 4.74 Å². The van der Waals surface area contributed by atoms with Crippen LogP contribution in [0.1, 0.15) is 11.1 Å². The lowest BCUT2D eigenvalue weighted by molar-refractivity contribution is -0.129. The molecule has 0 atom stereocenters. The highest BCUT2D eigenvalue weighted by Gasteiger charge is 2.35. The van der Waals surface area contributed by atoms with E-state index >= 15 is 0 Å². The second-order valence-electron chi connectivity index (χ2n) is 5.97. The number of nitrogens with zero attached hydrogens (tertiary/aromatic N) is 1. The second kappa shape index (κ2) is 8.30. The first kappa shape index (κ1) is 19.0. The Balaban J connectivity index is 1.86. The lowest BCUT2D eigenvalue weighted by atomic mass is 10.1. The number of carbonyl (C=O) groups is 3. The molecule has 2 aromatic rings. The van der Waals surface area contributed by atoms with E-state index in [2.05, 4.69) is 11.9 Å². The Hall–Kier alpha value is -3.74. The summed E-state index contributed by atoms with van der Waals surface area (Å²) in [5.74, 6) is -1.38. The zero-order chi connectivity index (χ0) is 20.1. The van der Waals surface area contributed by atoms with Crippen molar-refractivity contribution in [3.63, 3.8) is 0 Å². The number of para-hydroxylation sites is 1. The van der Waals surface area contributed by atoms with Crippen molar-refractivity contribution >= 4 is 23.9 Å². The molecule has 1 aliphatic heterocycles. The van der Waals surface area contributed by atoms with Crippen molar-refractivity contribution in [2.75, 3.05) is 6.54 Å². The van der Waals surface area contributed by atoms with E-state index in [4.69, 9.17) is 4.74 Å². The highest BCUT2D eigenvalue weighted by molar-refractivity contribution is 6.31. The van der Waals surface area contributed by atoms with E-state index < -0.39 is 17.8 Å². The monoisotopic (exact) mass is 380 g/mol. The van der Waals surface area contributed by atoms with Crippen LogP contribution < -0.4 is 10.1 Å². The van der Waals surface area contributed by atoms with Crippen molar-refractivity contribution in [1.29, 1.82) is 0 Å². The van der Waals surface area contributed by atoms with Crippen molar-refractivity contribution in [1.82, 2.24) is 10.2 Å². The number of hydrogen-bond donors (Lipinski definition) is 1. The van der Waals surface area contributed by atoms with Crippen LogP contribution in [0.4, 0.5) is 9.18 Å². The molecular formula is C21H17FN2O4. The second-order valence-corrected chi connectivity index (χ2v) is 5.97. The summed E-state index contributed by atoms with van der Waals surface area (Å²) in [6.45, 7) is 3.67. The summed E-state index contributed by atoms with van der Waals surface area (Å²) in [7, 11) is 0. The lowest BCUT2D eigenvalue weighted by Gasteiger charge is -2.25. The predicted molar refractivity (Wildman–Crippen MR) is 101 cm³/mol. The van der Waals surface area contributed by atoms with Crippen LogP contribution in [0.5, 0.6) is 5.75 Å². The number of hydrogen-bond acceptors (Lipinski definition) is 4. The Bertz CT molecular complexity index is 967. The number of nitrogens with one attached hydrogen (secondary N) is 1. The summed E-state index contributed by atoms with van der Waals surface area (Å²) in [6.07, 6.45) is 2.77. The van der Waals surface area contributed by atoms with E-state index in [1.807, 2.05) is 0 Å². The van der Waals surface area contributed by atoms with Crippen molar-refractivity contribution in [2.24, 2.45) is 0 Å². The zero-order valence-electron chi connectivity index (χ0n) is 14.9. The molecule has 2 aromatic carbocycles. The molecule has 0 radical (unpaired) electrons. The average molecular weight is 380 g/mol. The van der Waals surface area contributed by atoms with Crippen molar-refractivity contribution in [3.05, 3.63) is 83.7 Å². The Morgan fingerprint density at radius 2 is 1.79 bits per heavy atom. The summed E-state index contributed by atoms with van der Waals surface area (Å²) < 4.78 is 18.8. The van der Waals surface area contributed by atoms with Gasteiger partial charge in [0, 0.05) is 12.1 Å². The Morgan fingerprint density at radius 1 is 1.07 bits per heavy atom. The molecule has 0 aromatic heterocycles. The Labute approximate surface area is 160 Å². The number of rotatable bonds is 6. The molecule has 0 saturated carbocycles. The van der Waals surface area contributed by atoms with Gasteiger partial charge in [-0.25, -0.2) is 9.18 Å². The topological polar surface area (TPSA) is 75.7 Å². The predicted octanol–water partition coefficient (Wildman–Crippen LogP) is 3.05. The van der Waals surface area contributed by atoms with E-state index in [0.29, 0.717) is 11.3 Å². The standard InChI is InChI=1S/C21H17FN2O4/c1-2-11-24-20(26)17(19(25)23-21(24)27)12-15-5-3-4-6-18(15)28-13-14-7-9-16(22)10-8-14/h2-10,12H,1,11,13H2,(H,23,25,27)/b17-12-. The number of urea groups is 1. The van der Waals surface area contributed by atoms with Gasteiger partial charge in [0.2, 0.25) is 0 Å². The van der Waals surface area contributed by atoms with Crippen LogP contribution in [0.2, 0.25) is 0 Å². The van der Waals surface area contributed by atoms with E-state index in [0.717, 1.165) is 10.5 Å². The van der Waals surface area contributed by atoms with Crippen molar-refractivity contribution < 1.29 is 23.5 Å². The van der Waals surface area contributed by atoms with E-state index in [1.54, 1.807) is 36.4 Å². The van der Waals surface area contributed by atoms with Gasteiger partial charge in [-0.2, -0.15) is 0 Å². The molecule has 142 valence electrons. The molecule has 6 nitrogen and oxygen atoms in total. The van der Waals surface area contributed by atoms with Crippen molar-refractivity contribution in [3.8, 4) is 5.75 Å². The molecule has 1 heterocycles. The Kier molecular flexibility index (Phi) is 5.64. The summed E-state index contributed by atoms with van der Waals surface area (Å²) in [5.41, 5.74) is 1.08. The minimum atomic E-state index is -0.784. The van der Waals surface area contributed by atoms with Gasteiger partial charge in [-0.15, -0.1) is 6.58 Å². The number of barbiturate groups is 1. The molecule has 28 heavy (non-hydrogen) atoms. The molecule has 4 amide bonds. The van der Waals surface area contributed by atoms with Gasteiger partial charge in [0.1, 0.15) is 23.7 Å². The molecule has 1 saturated heterocycles. The van der Waals surface area contributed by atoms with Gasteiger partial charge in [-0.05, 0) is 29.8 Å². The van der Waals surface area contributed by atoms with Gasteiger partial charge in [0.15, 0.2) is 0 Å². The number of carbonyl (C=O) groups excluding carboxylic acids is 3. The number of benzene rings is 2. The van der Waals surface area contributed by atoms with E-state index in [9.17, 15) is 18.8 Å². The molecule has 7 heteroatoms. The van der Waals surface area contributed by atoms with Gasteiger partial charge in [0.25, 0.3) is 11.8 Å². The maximum absolute atomic E-state index is 13.0. The molecule has 0 aliphatic carbocycles. The molecule has 0 bridgehead atoms. The summed E-state index contributed by atoms with van der Waals surface area (Å²) in [6, 6.07) is 11.9. The maximum atomic E-state index is 13.0. The fourth-order valence-corrected chi connectivity index (χ4v) is 2.62. The fraction of sp³-hybridized carbons (Fsp3) is 0.0952. The lowest BCUT2D eigenvalue weighted by Crippen LogP contribution is -2.54. The van der Waals surface area contributed by atoms with Crippen LogP contribution >= 0.6 is 0 Å². The minimum absolute atomic E-state index is 0.0159. The largest absolute Gasteiger partial charge is 0.488 e. The number of ether oxygens (including phenoxy) is 1. The highest BCUT2D eigenvalue weighted by atomic mass is 19.1. The maximum Gasteiger partial charge on any atom is 0.331 e. The first-order valence-electron chi connectivity index (χ1n) is 8.45.